The number of rotatable bonds is 5. The van der Waals surface area contributed by atoms with Gasteiger partial charge < -0.3 is 4.90 Å². The highest BCUT2D eigenvalue weighted by Gasteiger charge is 2.15. The Balaban J connectivity index is 1.95. The van der Waals surface area contributed by atoms with Crippen LogP contribution in [0.5, 0.6) is 0 Å². The molecule has 100 valence electrons. The maximum atomic E-state index is 4.27. The van der Waals surface area contributed by atoms with Crippen LogP contribution < -0.4 is 4.90 Å². The van der Waals surface area contributed by atoms with Crippen LogP contribution in [-0.4, -0.2) is 19.3 Å². The highest BCUT2D eigenvalue weighted by atomic mass is 32.1. The Kier molecular flexibility index (Phi) is 5.43. The van der Waals surface area contributed by atoms with Crippen molar-refractivity contribution in [3.8, 4) is 0 Å². The van der Waals surface area contributed by atoms with E-state index >= 15 is 0 Å². The number of anilines is 1. The number of thiol groups is 1. The standard InChI is InChI=1S/C16H25NS/c1-17(12-5-13-18)16-10-8-15(9-11-16)14-6-3-2-4-7-14/h8-11,14,18H,2-7,12-13H2,1H3. The highest BCUT2D eigenvalue weighted by Crippen LogP contribution is 2.33. The highest BCUT2D eigenvalue weighted by molar-refractivity contribution is 7.80. The Labute approximate surface area is 117 Å². The third-order valence-corrected chi connectivity index (χ3v) is 4.38. The summed E-state index contributed by atoms with van der Waals surface area (Å²) in [6.45, 7) is 1.09. The van der Waals surface area contributed by atoms with Crippen molar-refractivity contribution >= 4 is 18.3 Å². The van der Waals surface area contributed by atoms with Crippen LogP contribution in [0, 0.1) is 0 Å². The number of hydrogen-bond acceptors (Lipinski definition) is 2. The van der Waals surface area contributed by atoms with E-state index in [1.807, 2.05) is 0 Å². The van der Waals surface area contributed by atoms with Crippen molar-refractivity contribution in [2.45, 2.75) is 44.4 Å². The Hall–Kier alpha value is -0.630. The Bertz CT molecular complexity index is 341. The third-order valence-electron chi connectivity index (χ3n) is 4.06. The molecule has 0 spiro atoms. The van der Waals surface area contributed by atoms with Crippen LogP contribution in [0.15, 0.2) is 24.3 Å². The summed E-state index contributed by atoms with van der Waals surface area (Å²) in [6.07, 6.45) is 8.16. The van der Waals surface area contributed by atoms with Gasteiger partial charge in [0.15, 0.2) is 0 Å². The lowest BCUT2D eigenvalue weighted by Crippen LogP contribution is -2.18. The Morgan fingerprint density at radius 1 is 1.11 bits per heavy atom. The summed E-state index contributed by atoms with van der Waals surface area (Å²) in [6, 6.07) is 9.23. The van der Waals surface area contributed by atoms with E-state index < -0.39 is 0 Å². The Morgan fingerprint density at radius 2 is 1.78 bits per heavy atom. The van der Waals surface area contributed by atoms with Gasteiger partial charge >= 0.3 is 0 Å². The second kappa shape index (κ2) is 7.08. The van der Waals surface area contributed by atoms with Crippen LogP contribution >= 0.6 is 12.6 Å². The summed E-state index contributed by atoms with van der Waals surface area (Å²) in [5.41, 5.74) is 2.87. The third kappa shape index (κ3) is 3.68. The summed E-state index contributed by atoms with van der Waals surface area (Å²) < 4.78 is 0. The molecule has 1 aromatic rings. The molecule has 1 fully saturated rings. The molecule has 2 heteroatoms. The summed E-state index contributed by atoms with van der Waals surface area (Å²) in [4.78, 5) is 2.32. The SMILES string of the molecule is CN(CCCS)c1ccc(C2CCCCC2)cc1. The largest absolute Gasteiger partial charge is 0.375 e. The molecular formula is C16H25NS. The van der Waals surface area contributed by atoms with Crippen molar-refractivity contribution in [1.82, 2.24) is 0 Å². The predicted molar refractivity (Wildman–Crippen MR) is 84.0 cm³/mol. The molecule has 1 aliphatic carbocycles. The fourth-order valence-electron chi connectivity index (χ4n) is 2.87. The van der Waals surface area contributed by atoms with Gasteiger partial charge in [-0.2, -0.15) is 12.6 Å². The normalized spacial score (nSPS) is 16.8. The van der Waals surface area contributed by atoms with Gasteiger partial charge in [0, 0.05) is 19.3 Å². The van der Waals surface area contributed by atoms with Gasteiger partial charge in [0.25, 0.3) is 0 Å². The van der Waals surface area contributed by atoms with E-state index in [9.17, 15) is 0 Å². The van der Waals surface area contributed by atoms with Gasteiger partial charge in [0.2, 0.25) is 0 Å². The zero-order valence-electron chi connectivity index (χ0n) is 11.4. The summed E-state index contributed by atoms with van der Waals surface area (Å²) in [7, 11) is 2.17. The first-order valence-corrected chi connectivity index (χ1v) is 7.86. The van der Waals surface area contributed by atoms with Gasteiger partial charge in [-0.3, -0.25) is 0 Å². The summed E-state index contributed by atoms with van der Waals surface area (Å²) in [5, 5.41) is 0. The molecular weight excluding hydrogens is 238 g/mol. The lowest BCUT2D eigenvalue weighted by Gasteiger charge is -2.23. The molecule has 0 N–H and O–H groups in total. The quantitative estimate of drug-likeness (QED) is 0.766. The zero-order valence-corrected chi connectivity index (χ0v) is 12.3. The van der Waals surface area contributed by atoms with Gasteiger partial charge in [0.05, 0.1) is 0 Å². The molecule has 0 heterocycles. The zero-order chi connectivity index (χ0) is 12.8. The first kappa shape index (κ1) is 13.8. The molecule has 2 rings (SSSR count). The molecule has 0 saturated heterocycles. The first-order chi connectivity index (χ1) is 8.81. The molecule has 18 heavy (non-hydrogen) atoms. The molecule has 0 atom stereocenters. The van der Waals surface area contributed by atoms with Crippen LogP contribution in [0.25, 0.3) is 0 Å². The molecule has 1 nitrogen and oxygen atoms in total. The maximum absolute atomic E-state index is 4.27. The van der Waals surface area contributed by atoms with Crippen LogP contribution in [0.2, 0.25) is 0 Å². The second-order valence-electron chi connectivity index (χ2n) is 5.43. The van der Waals surface area contributed by atoms with E-state index in [1.165, 1.54) is 37.8 Å². The first-order valence-electron chi connectivity index (χ1n) is 7.23. The molecule has 0 aromatic heterocycles. The van der Waals surface area contributed by atoms with E-state index in [0.717, 1.165) is 24.6 Å². The Morgan fingerprint density at radius 3 is 2.39 bits per heavy atom. The van der Waals surface area contributed by atoms with E-state index in [-0.39, 0.29) is 0 Å². The van der Waals surface area contributed by atoms with Crippen molar-refractivity contribution in [3.63, 3.8) is 0 Å². The van der Waals surface area contributed by atoms with E-state index in [4.69, 9.17) is 0 Å². The van der Waals surface area contributed by atoms with Crippen molar-refractivity contribution < 1.29 is 0 Å². The fraction of sp³-hybridized carbons (Fsp3) is 0.625. The van der Waals surface area contributed by atoms with Gasteiger partial charge in [-0.05, 0) is 48.6 Å². The molecule has 0 aliphatic heterocycles. The lowest BCUT2D eigenvalue weighted by atomic mass is 9.84. The average Bonchev–Trinajstić information content (AvgIpc) is 2.46. The molecule has 0 amide bonds. The minimum atomic E-state index is 0.815. The number of nitrogens with zero attached hydrogens (tertiary/aromatic N) is 1. The maximum Gasteiger partial charge on any atom is 0.0363 e. The smallest absolute Gasteiger partial charge is 0.0363 e. The van der Waals surface area contributed by atoms with E-state index in [0.29, 0.717) is 0 Å². The van der Waals surface area contributed by atoms with Crippen LogP contribution in [-0.2, 0) is 0 Å². The minimum absolute atomic E-state index is 0.815. The van der Waals surface area contributed by atoms with Gasteiger partial charge in [-0.1, -0.05) is 31.4 Å². The molecule has 0 bridgehead atoms. The van der Waals surface area contributed by atoms with Crippen molar-refractivity contribution in [3.05, 3.63) is 29.8 Å². The molecule has 1 saturated carbocycles. The van der Waals surface area contributed by atoms with Crippen LogP contribution in [0.3, 0.4) is 0 Å². The molecule has 1 aromatic carbocycles. The topological polar surface area (TPSA) is 3.24 Å². The lowest BCUT2D eigenvalue weighted by molar-refractivity contribution is 0.443. The summed E-state index contributed by atoms with van der Waals surface area (Å²) >= 11 is 4.27. The number of benzene rings is 1. The van der Waals surface area contributed by atoms with Gasteiger partial charge in [0.1, 0.15) is 0 Å². The monoisotopic (exact) mass is 263 g/mol. The van der Waals surface area contributed by atoms with Crippen molar-refractivity contribution in [2.24, 2.45) is 0 Å². The fourth-order valence-corrected chi connectivity index (χ4v) is 3.02. The molecule has 1 aliphatic rings. The van der Waals surface area contributed by atoms with Crippen LogP contribution in [0.1, 0.15) is 50.0 Å². The van der Waals surface area contributed by atoms with E-state index in [1.54, 1.807) is 5.56 Å². The molecule has 0 radical (unpaired) electrons. The molecule has 0 unspecified atom stereocenters. The minimum Gasteiger partial charge on any atom is -0.375 e. The van der Waals surface area contributed by atoms with Crippen LogP contribution in [0.4, 0.5) is 5.69 Å². The predicted octanol–water partition coefficient (Wildman–Crippen LogP) is 4.49. The number of hydrogen-bond donors (Lipinski definition) is 1. The van der Waals surface area contributed by atoms with Gasteiger partial charge in [-0.15, -0.1) is 0 Å². The second-order valence-corrected chi connectivity index (χ2v) is 5.87. The van der Waals surface area contributed by atoms with Crippen molar-refractivity contribution in [1.29, 1.82) is 0 Å². The van der Waals surface area contributed by atoms with Crippen molar-refractivity contribution in [2.75, 3.05) is 24.2 Å². The average molecular weight is 263 g/mol. The van der Waals surface area contributed by atoms with Gasteiger partial charge in [-0.25, -0.2) is 0 Å². The summed E-state index contributed by atoms with van der Waals surface area (Å²) in [5.74, 6) is 1.78. The van der Waals surface area contributed by atoms with E-state index in [2.05, 4.69) is 48.8 Å².